The van der Waals surface area contributed by atoms with Crippen molar-refractivity contribution in [3.63, 3.8) is 0 Å². The van der Waals surface area contributed by atoms with Gasteiger partial charge in [0.1, 0.15) is 5.82 Å². The van der Waals surface area contributed by atoms with Crippen LogP contribution in [0.2, 0.25) is 5.02 Å². The molecule has 16 heavy (non-hydrogen) atoms. The Morgan fingerprint density at radius 2 is 2.06 bits per heavy atom. The highest BCUT2D eigenvalue weighted by molar-refractivity contribution is 6.33. The maximum atomic E-state index is 13.4. The lowest BCUT2D eigenvalue weighted by Gasteiger charge is -2.15. The molecule has 0 saturated heterocycles. The van der Waals surface area contributed by atoms with E-state index in [4.69, 9.17) is 17.3 Å². The molecule has 2 atom stereocenters. The third-order valence-electron chi connectivity index (χ3n) is 2.83. The molecule has 2 nitrogen and oxygen atoms in total. The molecule has 0 aliphatic heterocycles. The SMILES string of the molecule is NC1CCC(Nc2c(F)cc(F)cc2Cl)C1. The first-order valence-electron chi connectivity index (χ1n) is 5.23. The van der Waals surface area contributed by atoms with Crippen molar-refractivity contribution in [2.75, 3.05) is 5.32 Å². The second kappa shape index (κ2) is 4.55. The lowest BCUT2D eigenvalue weighted by molar-refractivity contribution is 0.582. The number of nitrogens with two attached hydrogens (primary N) is 1. The van der Waals surface area contributed by atoms with Gasteiger partial charge < -0.3 is 11.1 Å². The van der Waals surface area contributed by atoms with Crippen molar-refractivity contribution in [3.8, 4) is 0 Å². The summed E-state index contributed by atoms with van der Waals surface area (Å²) in [6.45, 7) is 0. The highest BCUT2D eigenvalue weighted by Gasteiger charge is 2.23. The molecule has 2 unspecified atom stereocenters. The van der Waals surface area contributed by atoms with E-state index in [1.165, 1.54) is 0 Å². The molecule has 1 aliphatic carbocycles. The van der Waals surface area contributed by atoms with E-state index in [1.54, 1.807) is 0 Å². The van der Waals surface area contributed by atoms with E-state index in [-0.39, 0.29) is 22.8 Å². The zero-order valence-corrected chi connectivity index (χ0v) is 9.40. The van der Waals surface area contributed by atoms with Crippen LogP contribution in [-0.4, -0.2) is 12.1 Å². The largest absolute Gasteiger partial charge is 0.379 e. The van der Waals surface area contributed by atoms with Crippen molar-refractivity contribution in [3.05, 3.63) is 28.8 Å². The molecule has 1 aromatic carbocycles. The average molecular weight is 247 g/mol. The maximum Gasteiger partial charge on any atom is 0.150 e. The lowest BCUT2D eigenvalue weighted by Crippen LogP contribution is -2.21. The van der Waals surface area contributed by atoms with Crippen LogP contribution in [0.3, 0.4) is 0 Å². The highest BCUT2D eigenvalue weighted by atomic mass is 35.5. The summed E-state index contributed by atoms with van der Waals surface area (Å²) >= 11 is 5.78. The van der Waals surface area contributed by atoms with E-state index in [9.17, 15) is 8.78 Å². The van der Waals surface area contributed by atoms with E-state index >= 15 is 0 Å². The molecule has 1 fully saturated rings. The van der Waals surface area contributed by atoms with Crippen LogP contribution in [0.4, 0.5) is 14.5 Å². The average Bonchev–Trinajstić information content (AvgIpc) is 2.58. The smallest absolute Gasteiger partial charge is 0.150 e. The van der Waals surface area contributed by atoms with Crippen molar-refractivity contribution >= 4 is 17.3 Å². The summed E-state index contributed by atoms with van der Waals surface area (Å²) in [6, 6.07) is 2.19. The molecule has 0 amide bonds. The number of nitrogens with one attached hydrogen (secondary N) is 1. The van der Waals surface area contributed by atoms with Gasteiger partial charge in [0.05, 0.1) is 10.7 Å². The van der Waals surface area contributed by atoms with Gasteiger partial charge in [-0.05, 0) is 25.3 Å². The fourth-order valence-corrected chi connectivity index (χ4v) is 2.28. The first kappa shape index (κ1) is 11.6. The summed E-state index contributed by atoms with van der Waals surface area (Å²) in [5, 5.41) is 3.05. The number of hydrogen-bond acceptors (Lipinski definition) is 2. The van der Waals surface area contributed by atoms with Crippen molar-refractivity contribution < 1.29 is 8.78 Å². The minimum atomic E-state index is -0.670. The maximum absolute atomic E-state index is 13.4. The fraction of sp³-hybridized carbons (Fsp3) is 0.455. The third kappa shape index (κ3) is 2.44. The van der Waals surface area contributed by atoms with Crippen LogP contribution < -0.4 is 11.1 Å². The Kier molecular flexibility index (Phi) is 3.30. The zero-order chi connectivity index (χ0) is 11.7. The molecular formula is C11H13ClF2N2. The second-order valence-electron chi connectivity index (χ2n) is 4.16. The standard InChI is InChI=1S/C11H13ClF2N2/c12-9-3-6(13)4-10(14)11(9)16-8-2-1-7(15)5-8/h3-4,7-8,16H,1-2,5,15H2. The molecule has 0 radical (unpaired) electrons. The fourth-order valence-electron chi connectivity index (χ4n) is 2.03. The third-order valence-corrected chi connectivity index (χ3v) is 3.13. The summed E-state index contributed by atoms with van der Waals surface area (Å²) in [6.07, 6.45) is 2.58. The van der Waals surface area contributed by atoms with E-state index < -0.39 is 11.6 Å². The number of rotatable bonds is 2. The van der Waals surface area contributed by atoms with Gasteiger partial charge >= 0.3 is 0 Å². The molecule has 1 saturated carbocycles. The Labute approximate surface area is 97.8 Å². The molecule has 1 aromatic rings. The molecule has 88 valence electrons. The summed E-state index contributed by atoms with van der Waals surface area (Å²) < 4.78 is 26.3. The zero-order valence-electron chi connectivity index (χ0n) is 8.64. The van der Waals surface area contributed by atoms with Gasteiger partial charge in [0.25, 0.3) is 0 Å². The second-order valence-corrected chi connectivity index (χ2v) is 4.57. The first-order valence-corrected chi connectivity index (χ1v) is 5.60. The molecule has 0 spiro atoms. The summed E-state index contributed by atoms with van der Waals surface area (Å²) in [5.74, 6) is -1.33. The van der Waals surface area contributed by atoms with E-state index in [1.807, 2.05) is 0 Å². The highest BCUT2D eigenvalue weighted by Crippen LogP contribution is 2.30. The minimum Gasteiger partial charge on any atom is -0.379 e. The monoisotopic (exact) mass is 246 g/mol. The summed E-state index contributed by atoms with van der Waals surface area (Å²) in [7, 11) is 0. The molecule has 2 rings (SSSR count). The van der Waals surface area contributed by atoms with Crippen LogP contribution in [0.15, 0.2) is 12.1 Å². The van der Waals surface area contributed by atoms with E-state index in [0.717, 1.165) is 31.4 Å². The predicted molar refractivity (Wildman–Crippen MR) is 60.6 cm³/mol. The number of anilines is 1. The van der Waals surface area contributed by atoms with Crippen molar-refractivity contribution in [2.24, 2.45) is 5.73 Å². The van der Waals surface area contributed by atoms with Crippen LogP contribution in [0.5, 0.6) is 0 Å². The van der Waals surface area contributed by atoms with Crippen LogP contribution >= 0.6 is 11.6 Å². The number of benzene rings is 1. The van der Waals surface area contributed by atoms with Gasteiger partial charge in [-0.2, -0.15) is 0 Å². The van der Waals surface area contributed by atoms with Gasteiger partial charge in [-0.1, -0.05) is 11.6 Å². The predicted octanol–water partition coefficient (Wildman–Crippen LogP) is 2.91. The Bertz CT molecular complexity index is 375. The first-order chi connectivity index (χ1) is 7.56. The number of hydrogen-bond donors (Lipinski definition) is 2. The summed E-state index contributed by atoms with van der Waals surface area (Å²) in [4.78, 5) is 0. The minimum absolute atomic E-state index is 0.0676. The Morgan fingerprint density at radius 1 is 1.31 bits per heavy atom. The Hall–Kier alpha value is -0.870. The Balaban J connectivity index is 2.15. The van der Waals surface area contributed by atoms with Crippen molar-refractivity contribution in [1.82, 2.24) is 0 Å². The Morgan fingerprint density at radius 3 is 2.62 bits per heavy atom. The van der Waals surface area contributed by atoms with Crippen LogP contribution in [0.1, 0.15) is 19.3 Å². The van der Waals surface area contributed by atoms with Gasteiger partial charge in [-0.25, -0.2) is 8.78 Å². The quantitative estimate of drug-likeness (QED) is 0.842. The van der Waals surface area contributed by atoms with Gasteiger partial charge in [0.15, 0.2) is 5.82 Å². The van der Waals surface area contributed by atoms with Crippen molar-refractivity contribution in [2.45, 2.75) is 31.3 Å². The van der Waals surface area contributed by atoms with E-state index in [2.05, 4.69) is 5.32 Å². The molecule has 0 aromatic heterocycles. The number of halogens is 3. The van der Waals surface area contributed by atoms with Crippen molar-refractivity contribution in [1.29, 1.82) is 0 Å². The lowest BCUT2D eigenvalue weighted by atomic mass is 10.2. The normalized spacial score (nSPS) is 24.8. The van der Waals surface area contributed by atoms with Crippen LogP contribution in [0.25, 0.3) is 0 Å². The summed E-state index contributed by atoms with van der Waals surface area (Å²) in [5.41, 5.74) is 5.92. The molecule has 3 N–H and O–H groups in total. The molecule has 0 bridgehead atoms. The molecule has 0 heterocycles. The van der Waals surface area contributed by atoms with E-state index in [0.29, 0.717) is 0 Å². The molecule has 1 aliphatic rings. The van der Waals surface area contributed by atoms with Gasteiger partial charge in [0, 0.05) is 18.2 Å². The molecular weight excluding hydrogens is 234 g/mol. The van der Waals surface area contributed by atoms with Gasteiger partial charge in [-0.3, -0.25) is 0 Å². The van der Waals surface area contributed by atoms with Gasteiger partial charge in [-0.15, -0.1) is 0 Å². The topological polar surface area (TPSA) is 38.0 Å². The van der Waals surface area contributed by atoms with Crippen LogP contribution in [-0.2, 0) is 0 Å². The van der Waals surface area contributed by atoms with Crippen LogP contribution in [0, 0.1) is 11.6 Å². The van der Waals surface area contributed by atoms with Gasteiger partial charge in [0.2, 0.25) is 0 Å². The molecule has 5 heteroatoms.